The lowest BCUT2D eigenvalue weighted by atomic mass is 10.2. The first-order valence-corrected chi connectivity index (χ1v) is 9.81. The molecule has 0 radical (unpaired) electrons. The molecule has 0 spiro atoms. The van der Waals surface area contributed by atoms with Gasteiger partial charge in [-0.3, -0.25) is 4.79 Å². The number of rotatable bonds is 5. The Bertz CT molecular complexity index is 872. The third-order valence-electron chi connectivity index (χ3n) is 4.02. The predicted molar refractivity (Wildman–Crippen MR) is 92.5 cm³/mol. The average Bonchev–Trinajstić information content (AvgIpc) is 2.98. The number of carbonyl (C=O) groups excluding carboxylic acids is 1. The molecule has 1 atom stereocenters. The van der Waals surface area contributed by atoms with Gasteiger partial charge in [0.25, 0.3) is 5.91 Å². The van der Waals surface area contributed by atoms with Crippen LogP contribution in [0.4, 0.5) is 0 Å². The molecule has 1 amide bonds. The highest BCUT2D eigenvalue weighted by molar-refractivity contribution is 7.91. The standard InChI is InChI=1S/C17H21N3O4S/c1-12-4-6-14(7-5-12)25(22,23)11-13(2)19-16(21)15-10-18-20-8-3-9-24-17(15)20/h4-7,10,13H,3,8-9,11H2,1-2H3,(H,19,21). The molecule has 1 aliphatic heterocycles. The largest absolute Gasteiger partial charge is 0.477 e. The number of aryl methyl sites for hydroxylation is 2. The van der Waals surface area contributed by atoms with E-state index < -0.39 is 15.9 Å². The van der Waals surface area contributed by atoms with Gasteiger partial charge in [0.1, 0.15) is 5.56 Å². The Morgan fingerprint density at radius 2 is 2.08 bits per heavy atom. The quantitative estimate of drug-likeness (QED) is 0.871. The van der Waals surface area contributed by atoms with Crippen LogP contribution in [0.15, 0.2) is 35.4 Å². The maximum absolute atomic E-state index is 12.5. The van der Waals surface area contributed by atoms with Crippen molar-refractivity contribution in [2.45, 2.75) is 37.8 Å². The van der Waals surface area contributed by atoms with E-state index >= 15 is 0 Å². The molecule has 134 valence electrons. The van der Waals surface area contributed by atoms with Gasteiger partial charge < -0.3 is 10.1 Å². The molecular formula is C17H21N3O4S. The van der Waals surface area contributed by atoms with Crippen molar-refractivity contribution < 1.29 is 17.9 Å². The average molecular weight is 363 g/mol. The molecule has 1 aliphatic rings. The molecule has 0 aliphatic carbocycles. The van der Waals surface area contributed by atoms with E-state index in [4.69, 9.17) is 4.74 Å². The Morgan fingerprint density at radius 3 is 2.80 bits per heavy atom. The summed E-state index contributed by atoms with van der Waals surface area (Å²) in [6.07, 6.45) is 2.30. The molecule has 1 aromatic carbocycles. The van der Waals surface area contributed by atoms with Crippen LogP contribution in [-0.4, -0.2) is 42.5 Å². The van der Waals surface area contributed by atoms with Gasteiger partial charge in [0.2, 0.25) is 5.88 Å². The van der Waals surface area contributed by atoms with Crippen LogP contribution >= 0.6 is 0 Å². The fourth-order valence-electron chi connectivity index (χ4n) is 2.74. The molecule has 0 bridgehead atoms. The number of amides is 1. The molecule has 3 rings (SSSR count). The van der Waals surface area contributed by atoms with Crippen LogP contribution in [0.1, 0.15) is 29.3 Å². The number of fused-ring (bicyclic) bond motifs is 1. The second kappa shape index (κ2) is 6.87. The lowest BCUT2D eigenvalue weighted by Crippen LogP contribution is -2.37. The monoisotopic (exact) mass is 363 g/mol. The van der Waals surface area contributed by atoms with E-state index in [1.807, 2.05) is 6.92 Å². The van der Waals surface area contributed by atoms with E-state index in [0.717, 1.165) is 12.0 Å². The number of carbonyl (C=O) groups is 1. The summed E-state index contributed by atoms with van der Waals surface area (Å²) in [6, 6.07) is 6.14. The zero-order chi connectivity index (χ0) is 18.0. The number of benzene rings is 1. The highest BCUT2D eigenvalue weighted by Gasteiger charge is 2.25. The number of ether oxygens (including phenoxy) is 1. The topological polar surface area (TPSA) is 90.3 Å². The van der Waals surface area contributed by atoms with Crippen molar-refractivity contribution in [3.8, 4) is 5.88 Å². The SMILES string of the molecule is Cc1ccc(S(=O)(=O)CC(C)NC(=O)c2cnn3c2OCCC3)cc1. The van der Waals surface area contributed by atoms with Crippen LogP contribution in [0, 0.1) is 6.92 Å². The van der Waals surface area contributed by atoms with Gasteiger partial charge in [-0.05, 0) is 26.0 Å². The van der Waals surface area contributed by atoms with E-state index in [0.29, 0.717) is 24.6 Å². The first-order valence-electron chi connectivity index (χ1n) is 8.16. The maximum Gasteiger partial charge on any atom is 0.258 e. The van der Waals surface area contributed by atoms with E-state index in [1.54, 1.807) is 35.9 Å². The van der Waals surface area contributed by atoms with Crippen LogP contribution in [0.5, 0.6) is 5.88 Å². The molecule has 2 aromatic rings. The zero-order valence-electron chi connectivity index (χ0n) is 14.2. The number of nitrogens with one attached hydrogen (secondary N) is 1. The molecule has 1 N–H and O–H groups in total. The molecule has 0 fully saturated rings. The first-order chi connectivity index (χ1) is 11.9. The van der Waals surface area contributed by atoms with Crippen LogP contribution in [0.25, 0.3) is 0 Å². The highest BCUT2D eigenvalue weighted by atomic mass is 32.2. The normalized spacial score (nSPS) is 15.1. The Balaban J connectivity index is 1.68. The van der Waals surface area contributed by atoms with Crippen molar-refractivity contribution in [3.05, 3.63) is 41.6 Å². The van der Waals surface area contributed by atoms with Crippen LogP contribution in [0.2, 0.25) is 0 Å². The Hall–Kier alpha value is -2.35. The summed E-state index contributed by atoms with van der Waals surface area (Å²) < 4.78 is 32.1. The van der Waals surface area contributed by atoms with E-state index in [-0.39, 0.29) is 16.6 Å². The van der Waals surface area contributed by atoms with Gasteiger partial charge in [-0.1, -0.05) is 17.7 Å². The first kappa shape index (κ1) is 17.5. The van der Waals surface area contributed by atoms with Gasteiger partial charge in [0.15, 0.2) is 9.84 Å². The second-order valence-electron chi connectivity index (χ2n) is 6.26. The Labute approximate surface area is 146 Å². The van der Waals surface area contributed by atoms with E-state index in [2.05, 4.69) is 10.4 Å². The highest BCUT2D eigenvalue weighted by Crippen LogP contribution is 2.22. The molecule has 25 heavy (non-hydrogen) atoms. The lowest BCUT2D eigenvalue weighted by molar-refractivity contribution is 0.0937. The van der Waals surface area contributed by atoms with Gasteiger partial charge in [0, 0.05) is 19.0 Å². The zero-order valence-corrected chi connectivity index (χ0v) is 15.0. The van der Waals surface area contributed by atoms with Gasteiger partial charge in [0.05, 0.1) is 23.5 Å². The summed E-state index contributed by atoms with van der Waals surface area (Å²) in [4.78, 5) is 12.7. The number of hydrogen-bond donors (Lipinski definition) is 1. The number of hydrogen-bond acceptors (Lipinski definition) is 5. The van der Waals surface area contributed by atoms with Gasteiger partial charge in [-0.2, -0.15) is 5.10 Å². The predicted octanol–water partition coefficient (Wildman–Crippen LogP) is 1.57. The van der Waals surface area contributed by atoms with Crippen molar-refractivity contribution in [2.24, 2.45) is 0 Å². The molecule has 2 heterocycles. The fourth-order valence-corrected chi connectivity index (χ4v) is 4.22. The molecular weight excluding hydrogens is 342 g/mol. The summed E-state index contributed by atoms with van der Waals surface area (Å²) in [5, 5.41) is 6.85. The number of nitrogens with zero attached hydrogens (tertiary/aromatic N) is 2. The van der Waals surface area contributed by atoms with Crippen molar-refractivity contribution in [3.63, 3.8) is 0 Å². The van der Waals surface area contributed by atoms with E-state index in [1.165, 1.54) is 6.20 Å². The summed E-state index contributed by atoms with van der Waals surface area (Å²) in [6.45, 7) is 4.82. The maximum atomic E-state index is 12.5. The fraction of sp³-hybridized carbons (Fsp3) is 0.412. The summed E-state index contributed by atoms with van der Waals surface area (Å²) in [7, 11) is -3.47. The van der Waals surface area contributed by atoms with E-state index in [9.17, 15) is 13.2 Å². The summed E-state index contributed by atoms with van der Waals surface area (Å²) >= 11 is 0. The molecule has 8 heteroatoms. The van der Waals surface area contributed by atoms with Gasteiger partial charge in [-0.25, -0.2) is 13.1 Å². The third-order valence-corrected chi connectivity index (χ3v) is 5.94. The van der Waals surface area contributed by atoms with Crippen LogP contribution in [-0.2, 0) is 16.4 Å². The molecule has 0 saturated carbocycles. The van der Waals surface area contributed by atoms with Crippen molar-refractivity contribution >= 4 is 15.7 Å². The molecule has 0 saturated heterocycles. The summed E-state index contributed by atoms with van der Waals surface area (Å²) in [5.74, 6) is -0.112. The number of sulfone groups is 1. The Kier molecular flexibility index (Phi) is 4.80. The van der Waals surface area contributed by atoms with Gasteiger partial charge in [-0.15, -0.1) is 0 Å². The van der Waals surface area contributed by atoms with Crippen molar-refractivity contribution in [1.29, 1.82) is 0 Å². The van der Waals surface area contributed by atoms with Crippen molar-refractivity contribution in [2.75, 3.05) is 12.4 Å². The molecule has 7 nitrogen and oxygen atoms in total. The van der Waals surface area contributed by atoms with Crippen LogP contribution in [0.3, 0.4) is 0 Å². The number of aromatic nitrogens is 2. The second-order valence-corrected chi connectivity index (χ2v) is 8.29. The van der Waals surface area contributed by atoms with Gasteiger partial charge >= 0.3 is 0 Å². The Morgan fingerprint density at radius 1 is 1.36 bits per heavy atom. The minimum Gasteiger partial charge on any atom is -0.477 e. The summed E-state index contributed by atoms with van der Waals surface area (Å²) in [5.41, 5.74) is 1.32. The third kappa shape index (κ3) is 3.84. The minimum atomic E-state index is -3.47. The minimum absolute atomic E-state index is 0.174. The van der Waals surface area contributed by atoms with Crippen LogP contribution < -0.4 is 10.1 Å². The van der Waals surface area contributed by atoms with Crippen molar-refractivity contribution in [1.82, 2.24) is 15.1 Å². The lowest BCUT2D eigenvalue weighted by Gasteiger charge is -2.17. The molecule has 1 unspecified atom stereocenters. The smallest absolute Gasteiger partial charge is 0.258 e. The molecule has 1 aromatic heterocycles.